The van der Waals surface area contributed by atoms with E-state index in [9.17, 15) is 4.79 Å². The molecule has 0 spiro atoms. The third-order valence-corrected chi connectivity index (χ3v) is 4.13. The van der Waals surface area contributed by atoms with Crippen LogP contribution in [-0.2, 0) is 11.3 Å². The number of rotatable bonds is 5. The van der Waals surface area contributed by atoms with Crippen LogP contribution in [0.4, 0.5) is 0 Å². The molecule has 0 bridgehead atoms. The standard InChI is InChI=1S/C16H21N5O/c22-16(5-2-10-21-11-3-7-19-21)20-9-1-4-14(12-20)15-6-8-17-13-18-15/h3,6-8,11,13-14H,1-2,4-5,9-10,12H2. The van der Waals surface area contributed by atoms with E-state index in [1.807, 2.05) is 27.9 Å². The van der Waals surface area contributed by atoms with Gasteiger partial charge in [-0.25, -0.2) is 9.97 Å². The van der Waals surface area contributed by atoms with Gasteiger partial charge in [-0.3, -0.25) is 9.48 Å². The van der Waals surface area contributed by atoms with E-state index in [-0.39, 0.29) is 5.91 Å². The Morgan fingerprint density at radius 1 is 1.36 bits per heavy atom. The molecule has 3 rings (SSSR count). The summed E-state index contributed by atoms with van der Waals surface area (Å²) in [5.41, 5.74) is 1.05. The second-order valence-corrected chi connectivity index (χ2v) is 5.69. The first-order chi connectivity index (χ1) is 10.8. The van der Waals surface area contributed by atoms with Crippen LogP contribution in [0.2, 0.25) is 0 Å². The van der Waals surface area contributed by atoms with Crippen molar-refractivity contribution >= 4 is 5.91 Å². The highest BCUT2D eigenvalue weighted by atomic mass is 16.2. The van der Waals surface area contributed by atoms with E-state index in [2.05, 4.69) is 15.1 Å². The van der Waals surface area contributed by atoms with E-state index >= 15 is 0 Å². The number of likely N-dealkylation sites (tertiary alicyclic amines) is 1. The van der Waals surface area contributed by atoms with Crippen molar-refractivity contribution in [1.29, 1.82) is 0 Å². The number of carbonyl (C=O) groups is 1. The van der Waals surface area contributed by atoms with Crippen LogP contribution in [0.5, 0.6) is 0 Å². The van der Waals surface area contributed by atoms with Crippen LogP contribution in [0.3, 0.4) is 0 Å². The third kappa shape index (κ3) is 3.69. The molecule has 0 aliphatic carbocycles. The second-order valence-electron chi connectivity index (χ2n) is 5.69. The van der Waals surface area contributed by atoms with Crippen molar-refractivity contribution in [3.8, 4) is 0 Å². The lowest BCUT2D eigenvalue weighted by atomic mass is 9.94. The topological polar surface area (TPSA) is 63.9 Å². The van der Waals surface area contributed by atoms with E-state index in [4.69, 9.17) is 0 Å². The predicted molar refractivity (Wildman–Crippen MR) is 82.0 cm³/mol. The summed E-state index contributed by atoms with van der Waals surface area (Å²) < 4.78 is 1.87. The van der Waals surface area contributed by atoms with Gasteiger partial charge in [-0.05, 0) is 31.4 Å². The summed E-state index contributed by atoms with van der Waals surface area (Å²) >= 11 is 0. The van der Waals surface area contributed by atoms with Crippen molar-refractivity contribution in [3.05, 3.63) is 42.7 Å². The maximum atomic E-state index is 12.4. The number of hydrogen-bond acceptors (Lipinski definition) is 4. The third-order valence-electron chi connectivity index (χ3n) is 4.13. The van der Waals surface area contributed by atoms with E-state index in [1.165, 1.54) is 0 Å². The zero-order chi connectivity index (χ0) is 15.2. The van der Waals surface area contributed by atoms with Crippen LogP contribution in [0.15, 0.2) is 37.1 Å². The highest BCUT2D eigenvalue weighted by Crippen LogP contribution is 2.25. The first-order valence-corrected chi connectivity index (χ1v) is 7.84. The average molecular weight is 299 g/mol. The largest absolute Gasteiger partial charge is 0.342 e. The number of nitrogens with zero attached hydrogens (tertiary/aromatic N) is 5. The van der Waals surface area contributed by atoms with Gasteiger partial charge in [0.1, 0.15) is 6.33 Å². The van der Waals surface area contributed by atoms with Gasteiger partial charge in [0, 0.05) is 56.3 Å². The Morgan fingerprint density at radius 2 is 2.32 bits per heavy atom. The summed E-state index contributed by atoms with van der Waals surface area (Å²) in [5.74, 6) is 0.581. The van der Waals surface area contributed by atoms with Gasteiger partial charge in [0.2, 0.25) is 5.91 Å². The Morgan fingerprint density at radius 3 is 3.09 bits per heavy atom. The Balaban J connectivity index is 1.49. The lowest BCUT2D eigenvalue weighted by molar-refractivity contribution is -0.132. The van der Waals surface area contributed by atoms with Gasteiger partial charge in [-0.2, -0.15) is 5.10 Å². The lowest BCUT2D eigenvalue weighted by Crippen LogP contribution is -2.39. The summed E-state index contributed by atoms with van der Waals surface area (Å²) in [7, 11) is 0. The van der Waals surface area contributed by atoms with Crippen LogP contribution < -0.4 is 0 Å². The van der Waals surface area contributed by atoms with Crippen LogP contribution >= 0.6 is 0 Å². The monoisotopic (exact) mass is 299 g/mol. The fourth-order valence-electron chi connectivity index (χ4n) is 2.97. The molecule has 6 heteroatoms. The Hall–Kier alpha value is -2.24. The number of aryl methyl sites for hydroxylation is 1. The first-order valence-electron chi connectivity index (χ1n) is 7.84. The molecule has 6 nitrogen and oxygen atoms in total. The van der Waals surface area contributed by atoms with Crippen molar-refractivity contribution in [2.75, 3.05) is 13.1 Å². The van der Waals surface area contributed by atoms with E-state index < -0.39 is 0 Å². The summed E-state index contributed by atoms with van der Waals surface area (Å²) in [5, 5.41) is 4.15. The molecular formula is C16H21N5O. The molecule has 0 N–H and O–H groups in total. The molecule has 1 aliphatic heterocycles. The number of amides is 1. The fourth-order valence-corrected chi connectivity index (χ4v) is 2.97. The van der Waals surface area contributed by atoms with Gasteiger partial charge < -0.3 is 4.90 Å². The maximum Gasteiger partial charge on any atom is 0.222 e. The van der Waals surface area contributed by atoms with Crippen LogP contribution in [-0.4, -0.2) is 43.6 Å². The Labute approximate surface area is 130 Å². The van der Waals surface area contributed by atoms with Crippen molar-refractivity contribution in [2.45, 2.75) is 38.1 Å². The number of aromatic nitrogens is 4. The minimum Gasteiger partial charge on any atom is -0.342 e. The molecule has 1 atom stereocenters. The van der Waals surface area contributed by atoms with Crippen molar-refractivity contribution < 1.29 is 4.79 Å². The lowest BCUT2D eigenvalue weighted by Gasteiger charge is -2.32. The molecule has 2 aromatic rings. The van der Waals surface area contributed by atoms with Crippen molar-refractivity contribution in [1.82, 2.24) is 24.6 Å². The van der Waals surface area contributed by atoms with Gasteiger partial charge >= 0.3 is 0 Å². The highest BCUT2D eigenvalue weighted by Gasteiger charge is 2.25. The summed E-state index contributed by atoms with van der Waals surface area (Å²) in [6.07, 6.45) is 10.6. The minimum absolute atomic E-state index is 0.242. The molecule has 22 heavy (non-hydrogen) atoms. The maximum absolute atomic E-state index is 12.4. The van der Waals surface area contributed by atoms with Gasteiger partial charge in [-0.1, -0.05) is 0 Å². The average Bonchev–Trinajstić information content (AvgIpc) is 3.09. The Kier molecular flexibility index (Phi) is 4.78. The van der Waals surface area contributed by atoms with Gasteiger partial charge in [-0.15, -0.1) is 0 Å². The molecular weight excluding hydrogens is 278 g/mol. The molecule has 1 aliphatic rings. The second kappa shape index (κ2) is 7.15. The van der Waals surface area contributed by atoms with E-state index in [0.29, 0.717) is 12.3 Å². The smallest absolute Gasteiger partial charge is 0.222 e. The number of piperidine rings is 1. The minimum atomic E-state index is 0.242. The van der Waals surface area contributed by atoms with Gasteiger partial charge in [0.05, 0.1) is 0 Å². The SMILES string of the molecule is O=C(CCCn1cccn1)N1CCCC(c2ccncn2)C1. The molecule has 116 valence electrons. The van der Waals surface area contributed by atoms with Crippen LogP contribution in [0.25, 0.3) is 0 Å². The Bertz CT molecular complexity index is 584. The molecule has 0 aromatic carbocycles. The van der Waals surface area contributed by atoms with Gasteiger partial charge in [0.15, 0.2) is 0 Å². The molecule has 1 unspecified atom stereocenters. The molecule has 0 saturated carbocycles. The number of carbonyl (C=O) groups excluding carboxylic acids is 1. The highest BCUT2D eigenvalue weighted by molar-refractivity contribution is 5.76. The summed E-state index contributed by atoms with van der Waals surface area (Å²) in [6.45, 7) is 2.43. The first kappa shape index (κ1) is 14.7. The number of hydrogen-bond donors (Lipinski definition) is 0. The van der Waals surface area contributed by atoms with Crippen molar-refractivity contribution in [2.24, 2.45) is 0 Å². The van der Waals surface area contributed by atoms with Crippen LogP contribution in [0, 0.1) is 0 Å². The van der Waals surface area contributed by atoms with E-state index in [1.54, 1.807) is 18.7 Å². The van der Waals surface area contributed by atoms with Crippen LogP contribution in [0.1, 0.15) is 37.3 Å². The summed E-state index contributed by atoms with van der Waals surface area (Å²) in [4.78, 5) is 22.6. The molecule has 0 radical (unpaired) electrons. The molecule has 1 fully saturated rings. The molecule has 1 amide bonds. The van der Waals surface area contributed by atoms with E-state index in [0.717, 1.165) is 44.6 Å². The normalized spacial score (nSPS) is 18.4. The fraction of sp³-hybridized carbons (Fsp3) is 0.500. The quantitative estimate of drug-likeness (QED) is 0.845. The molecule has 2 aromatic heterocycles. The predicted octanol–water partition coefficient (Wildman–Crippen LogP) is 1.86. The zero-order valence-corrected chi connectivity index (χ0v) is 12.6. The van der Waals surface area contributed by atoms with Gasteiger partial charge in [0.25, 0.3) is 0 Å². The van der Waals surface area contributed by atoms with Crippen molar-refractivity contribution in [3.63, 3.8) is 0 Å². The zero-order valence-electron chi connectivity index (χ0n) is 12.6. The summed E-state index contributed by atoms with van der Waals surface area (Å²) in [6, 6.07) is 3.86. The molecule has 3 heterocycles. The molecule has 1 saturated heterocycles.